The minimum Gasteiger partial charge on any atom is -0.394 e. The van der Waals surface area contributed by atoms with Crippen molar-refractivity contribution in [2.75, 3.05) is 6.61 Å². The molecule has 0 aliphatic heterocycles. The van der Waals surface area contributed by atoms with Gasteiger partial charge in [-0.25, -0.2) is 0 Å². The maximum absolute atomic E-state index is 12.5. The van der Waals surface area contributed by atoms with Gasteiger partial charge in [0, 0.05) is 0 Å². The monoisotopic (exact) mass is 816 g/mol. The highest BCUT2D eigenvalue weighted by Gasteiger charge is 2.22. The van der Waals surface area contributed by atoms with Gasteiger partial charge in [0.2, 0.25) is 5.91 Å². The number of amides is 1. The van der Waals surface area contributed by atoms with Crippen LogP contribution in [0.15, 0.2) is 36.5 Å². The molecule has 5 heteroatoms. The predicted octanol–water partition coefficient (Wildman–Crippen LogP) is 15.5. The molecular formula is C53H101NO4. The number of rotatable bonds is 47. The molecule has 0 aromatic carbocycles. The second-order valence-electron chi connectivity index (χ2n) is 17.7. The van der Waals surface area contributed by atoms with Gasteiger partial charge in [-0.2, -0.15) is 0 Å². The molecule has 0 aromatic rings. The Hall–Kier alpha value is -1.43. The molecule has 3 atom stereocenters. The van der Waals surface area contributed by atoms with E-state index in [1.165, 1.54) is 212 Å². The average molecular weight is 816 g/mol. The quantitative estimate of drug-likeness (QED) is 0.0364. The van der Waals surface area contributed by atoms with Crippen molar-refractivity contribution in [3.05, 3.63) is 36.5 Å². The summed E-state index contributed by atoms with van der Waals surface area (Å²) >= 11 is 0. The third kappa shape index (κ3) is 42.7. The van der Waals surface area contributed by atoms with Gasteiger partial charge in [0.15, 0.2) is 0 Å². The molecule has 0 spiro atoms. The minimum atomic E-state index is -1.10. The zero-order valence-corrected chi connectivity index (χ0v) is 38.9. The Morgan fingerprint density at radius 3 is 1.09 bits per heavy atom. The Balaban J connectivity index is 3.52. The van der Waals surface area contributed by atoms with Gasteiger partial charge < -0.3 is 20.6 Å². The average Bonchev–Trinajstić information content (AvgIpc) is 3.23. The van der Waals surface area contributed by atoms with Crippen LogP contribution in [-0.2, 0) is 4.79 Å². The number of unbranched alkanes of at least 4 members (excludes halogenated alkanes) is 35. The maximum atomic E-state index is 12.5. The molecule has 0 bridgehead atoms. The first-order valence-corrected chi connectivity index (χ1v) is 25.8. The van der Waals surface area contributed by atoms with E-state index in [4.69, 9.17) is 0 Å². The first-order valence-electron chi connectivity index (χ1n) is 25.8. The van der Waals surface area contributed by atoms with E-state index in [2.05, 4.69) is 43.5 Å². The van der Waals surface area contributed by atoms with Crippen molar-refractivity contribution >= 4 is 5.91 Å². The summed E-state index contributed by atoms with van der Waals surface area (Å²) in [6.07, 6.45) is 62.1. The van der Waals surface area contributed by atoms with Gasteiger partial charge in [-0.05, 0) is 51.4 Å². The van der Waals surface area contributed by atoms with Crippen LogP contribution in [0.2, 0.25) is 0 Å². The lowest BCUT2D eigenvalue weighted by molar-refractivity contribution is -0.131. The fourth-order valence-electron chi connectivity index (χ4n) is 7.92. The van der Waals surface area contributed by atoms with Crippen molar-refractivity contribution in [2.24, 2.45) is 0 Å². The molecule has 0 aliphatic rings. The Kier molecular flexibility index (Phi) is 47.0. The normalized spacial score (nSPS) is 13.7. The lowest BCUT2D eigenvalue weighted by Crippen LogP contribution is -2.48. The smallest absolute Gasteiger partial charge is 0.249 e. The summed E-state index contributed by atoms with van der Waals surface area (Å²) in [5, 5.41) is 33.2. The summed E-state index contributed by atoms with van der Waals surface area (Å²) in [6.45, 7) is 4.18. The standard InChI is InChI=1S/C53H101NO4/c1-3-5-7-9-11-13-15-17-18-19-20-21-22-23-24-25-26-27-28-29-30-31-32-33-34-35-36-38-40-42-44-46-48-52(57)53(58)54-50(49-55)51(56)47-45-43-41-39-37-16-14-12-10-8-6-4-2/h20-21,23-24,45,47,50-52,55-57H,3-19,22,25-44,46,48-49H2,1-2H3,(H,54,58)/b21-20-,24-23-,47-45+. The van der Waals surface area contributed by atoms with E-state index >= 15 is 0 Å². The summed E-state index contributed by atoms with van der Waals surface area (Å²) in [7, 11) is 0. The molecule has 0 rings (SSSR count). The van der Waals surface area contributed by atoms with Gasteiger partial charge in [0.05, 0.1) is 18.8 Å². The van der Waals surface area contributed by atoms with Crippen LogP contribution in [0.4, 0.5) is 0 Å². The number of allylic oxidation sites excluding steroid dienone is 5. The molecule has 0 fully saturated rings. The third-order valence-electron chi connectivity index (χ3n) is 12.0. The molecule has 4 N–H and O–H groups in total. The Morgan fingerprint density at radius 1 is 0.431 bits per heavy atom. The minimum absolute atomic E-state index is 0.362. The van der Waals surface area contributed by atoms with Crippen molar-refractivity contribution in [1.82, 2.24) is 5.32 Å². The molecule has 5 nitrogen and oxygen atoms in total. The van der Waals surface area contributed by atoms with E-state index in [1.807, 2.05) is 6.08 Å². The van der Waals surface area contributed by atoms with Crippen molar-refractivity contribution in [2.45, 2.75) is 289 Å². The van der Waals surface area contributed by atoms with Gasteiger partial charge in [-0.1, -0.05) is 256 Å². The van der Waals surface area contributed by atoms with E-state index in [1.54, 1.807) is 6.08 Å². The molecule has 0 aliphatic carbocycles. The number of aliphatic hydroxyl groups is 3. The van der Waals surface area contributed by atoms with Gasteiger partial charge in [-0.3, -0.25) is 4.79 Å². The first-order chi connectivity index (χ1) is 28.6. The van der Waals surface area contributed by atoms with Crippen LogP contribution >= 0.6 is 0 Å². The molecule has 3 unspecified atom stereocenters. The molecule has 58 heavy (non-hydrogen) atoms. The molecule has 0 heterocycles. The van der Waals surface area contributed by atoms with Crippen LogP contribution in [-0.4, -0.2) is 46.1 Å². The van der Waals surface area contributed by atoms with Crippen LogP contribution in [0.1, 0.15) is 271 Å². The topological polar surface area (TPSA) is 89.8 Å². The summed E-state index contributed by atoms with van der Waals surface area (Å²) in [4.78, 5) is 12.5. The summed E-state index contributed by atoms with van der Waals surface area (Å²) < 4.78 is 0. The fourth-order valence-corrected chi connectivity index (χ4v) is 7.92. The van der Waals surface area contributed by atoms with Gasteiger partial charge in [0.1, 0.15) is 6.10 Å². The van der Waals surface area contributed by atoms with Gasteiger partial charge in [-0.15, -0.1) is 0 Å². The summed E-state index contributed by atoms with van der Waals surface area (Å²) in [6, 6.07) is -0.796. The molecule has 1 amide bonds. The number of carbonyl (C=O) groups is 1. The van der Waals surface area contributed by atoms with E-state index in [-0.39, 0.29) is 6.61 Å². The Labute approximate surface area is 362 Å². The molecule has 0 saturated heterocycles. The second kappa shape index (κ2) is 48.2. The zero-order valence-electron chi connectivity index (χ0n) is 38.9. The highest BCUT2D eigenvalue weighted by molar-refractivity contribution is 5.80. The van der Waals surface area contributed by atoms with Crippen molar-refractivity contribution in [3.63, 3.8) is 0 Å². The van der Waals surface area contributed by atoms with Crippen LogP contribution in [0.25, 0.3) is 0 Å². The van der Waals surface area contributed by atoms with Crippen LogP contribution in [0.5, 0.6) is 0 Å². The van der Waals surface area contributed by atoms with Crippen molar-refractivity contribution in [1.29, 1.82) is 0 Å². The van der Waals surface area contributed by atoms with E-state index in [9.17, 15) is 20.1 Å². The molecule has 342 valence electrons. The number of nitrogens with one attached hydrogen (secondary N) is 1. The summed E-state index contributed by atoms with van der Waals surface area (Å²) in [5.41, 5.74) is 0. The van der Waals surface area contributed by atoms with Crippen LogP contribution in [0.3, 0.4) is 0 Å². The highest BCUT2D eigenvalue weighted by Crippen LogP contribution is 2.16. The number of carbonyl (C=O) groups excluding carboxylic acids is 1. The fraction of sp³-hybridized carbons (Fsp3) is 0.868. The van der Waals surface area contributed by atoms with Gasteiger partial charge in [0.25, 0.3) is 0 Å². The SMILES string of the molecule is CCCCCCCCCCC/C=C\C/C=C\CCCCCCCCCCCCCCCCCCC(O)C(=O)NC(CO)C(O)/C=C/CCCCCCCCCCCC. The number of aliphatic hydroxyl groups excluding tert-OH is 3. The van der Waals surface area contributed by atoms with Gasteiger partial charge >= 0.3 is 0 Å². The third-order valence-corrected chi connectivity index (χ3v) is 12.0. The largest absolute Gasteiger partial charge is 0.394 e. The Bertz CT molecular complexity index is 901. The Morgan fingerprint density at radius 2 is 0.741 bits per heavy atom. The molecule has 0 saturated carbocycles. The number of hydrogen-bond acceptors (Lipinski definition) is 4. The zero-order chi connectivity index (χ0) is 42.3. The van der Waals surface area contributed by atoms with E-state index in [0.717, 1.165) is 38.5 Å². The second-order valence-corrected chi connectivity index (χ2v) is 17.7. The molecule has 0 aromatic heterocycles. The maximum Gasteiger partial charge on any atom is 0.249 e. The lowest BCUT2D eigenvalue weighted by Gasteiger charge is -2.21. The van der Waals surface area contributed by atoms with Crippen LogP contribution in [0, 0.1) is 0 Å². The summed E-state index contributed by atoms with van der Waals surface area (Å²) in [5.74, 6) is -0.502. The van der Waals surface area contributed by atoms with E-state index < -0.39 is 24.2 Å². The molecule has 0 radical (unpaired) electrons. The molecular weight excluding hydrogens is 715 g/mol. The van der Waals surface area contributed by atoms with Crippen molar-refractivity contribution < 1.29 is 20.1 Å². The first kappa shape index (κ1) is 56.6. The number of hydrogen-bond donors (Lipinski definition) is 4. The van der Waals surface area contributed by atoms with E-state index in [0.29, 0.717) is 6.42 Å². The van der Waals surface area contributed by atoms with Crippen molar-refractivity contribution in [3.8, 4) is 0 Å². The van der Waals surface area contributed by atoms with Crippen LogP contribution < -0.4 is 5.32 Å². The predicted molar refractivity (Wildman–Crippen MR) is 254 cm³/mol. The highest BCUT2D eigenvalue weighted by atomic mass is 16.3. The lowest BCUT2D eigenvalue weighted by atomic mass is 10.0.